The van der Waals surface area contributed by atoms with Gasteiger partial charge in [-0.3, -0.25) is 9.78 Å². The zero-order chi connectivity index (χ0) is 17.2. The second kappa shape index (κ2) is 6.88. The van der Waals surface area contributed by atoms with Crippen LogP contribution < -0.4 is 10.0 Å². The van der Waals surface area contributed by atoms with E-state index in [2.05, 4.69) is 15.0 Å². The Hall–Kier alpha value is -1.96. The number of sulfonamides is 1. The fraction of sp³-hybridized carbons (Fsp3) is 0.250. The van der Waals surface area contributed by atoms with Gasteiger partial charge in [0.15, 0.2) is 0 Å². The Morgan fingerprint density at radius 3 is 2.71 bits per heavy atom. The molecule has 0 aliphatic heterocycles. The van der Waals surface area contributed by atoms with Gasteiger partial charge in [-0.1, -0.05) is 17.7 Å². The minimum Gasteiger partial charge on any atom is -0.346 e. The van der Waals surface area contributed by atoms with Gasteiger partial charge in [0.2, 0.25) is 10.0 Å². The summed E-state index contributed by atoms with van der Waals surface area (Å²) in [5, 5.41) is 2.79. The fourth-order valence-electron chi connectivity index (χ4n) is 2.11. The molecular weight excluding hydrogens is 350 g/mol. The predicted octanol–water partition coefficient (Wildman–Crippen LogP) is 2.11. The maximum Gasteiger partial charge on any atom is 0.251 e. The van der Waals surface area contributed by atoms with Crippen LogP contribution in [-0.4, -0.2) is 25.4 Å². The van der Waals surface area contributed by atoms with Crippen LogP contribution in [0.1, 0.15) is 28.9 Å². The molecule has 0 bridgehead atoms. The average Bonchev–Trinajstić information content (AvgIpc) is 3.37. The quantitative estimate of drug-likeness (QED) is 0.820. The Balaban J connectivity index is 1.76. The molecular formula is C16H16ClN3O3S. The number of rotatable bonds is 6. The van der Waals surface area contributed by atoms with Gasteiger partial charge in [-0.2, -0.15) is 0 Å². The third-order valence-corrected chi connectivity index (χ3v) is 5.54. The third-order valence-electron chi connectivity index (χ3n) is 3.54. The minimum atomic E-state index is -3.73. The SMILES string of the molecule is O=C(NCc1ccccn1)c1ccc(Cl)c(S(=O)(=O)NC2CC2)c1. The monoisotopic (exact) mass is 365 g/mol. The highest BCUT2D eigenvalue weighted by molar-refractivity contribution is 7.89. The van der Waals surface area contributed by atoms with E-state index in [-0.39, 0.29) is 34.0 Å². The number of hydrogen-bond acceptors (Lipinski definition) is 4. The van der Waals surface area contributed by atoms with Crippen molar-refractivity contribution in [2.75, 3.05) is 0 Å². The van der Waals surface area contributed by atoms with E-state index in [0.29, 0.717) is 5.69 Å². The average molecular weight is 366 g/mol. The summed E-state index contributed by atoms with van der Waals surface area (Å²) >= 11 is 6.00. The molecule has 24 heavy (non-hydrogen) atoms. The number of amides is 1. The van der Waals surface area contributed by atoms with E-state index in [1.54, 1.807) is 18.3 Å². The first-order valence-corrected chi connectivity index (χ1v) is 9.32. The van der Waals surface area contributed by atoms with Crippen molar-refractivity contribution < 1.29 is 13.2 Å². The molecule has 0 atom stereocenters. The third kappa shape index (κ3) is 4.11. The molecule has 0 saturated heterocycles. The molecule has 3 rings (SSSR count). The molecule has 0 unspecified atom stereocenters. The number of nitrogens with zero attached hydrogens (tertiary/aromatic N) is 1. The van der Waals surface area contributed by atoms with Crippen molar-refractivity contribution in [1.82, 2.24) is 15.0 Å². The Morgan fingerprint density at radius 1 is 1.25 bits per heavy atom. The van der Waals surface area contributed by atoms with Crippen molar-refractivity contribution in [2.45, 2.75) is 30.3 Å². The van der Waals surface area contributed by atoms with Crippen LogP contribution in [0.25, 0.3) is 0 Å². The number of hydrogen-bond donors (Lipinski definition) is 2. The first-order chi connectivity index (χ1) is 11.5. The highest BCUT2D eigenvalue weighted by Gasteiger charge is 2.29. The lowest BCUT2D eigenvalue weighted by Gasteiger charge is -2.10. The summed E-state index contributed by atoms with van der Waals surface area (Å²) in [7, 11) is -3.73. The van der Waals surface area contributed by atoms with Gasteiger partial charge < -0.3 is 5.32 Å². The molecule has 6 nitrogen and oxygen atoms in total. The van der Waals surface area contributed by atoms with Crippen LogP contribution in [0, 0.1) is 0 Å². The van der Waals surface area contributed by atoms with Crippen LogP contribution in [0.4, 0.5) is 0 Å². The largest absolute Gasteiger partial charge is 0.346 e. The van der Waals surface area contributed by atoms with Crippen LogP contribution in [0.5, 0.6) is 0 Å². The molecule has 0 radical (unpaired) electrons. The van der Waals surface area contributed by atoms with Gasteiger partial charge in [0, 0.05) is 17.8 Å². The van der Waals surface area contributed by atoms with Gasteiger partial charge in [0.05, 0.1) is 17.3 Å². The zero-order valence-corrected chi connectivity index (χ0v) is 14.3. The summed E-state index contributed by atoms with van der Waals surface area (Å²) in [4.78, 5) is 16.3. The van der Waals surface area contributed by atoms with E-state index in [1.165, 1.54) is 18.2 Å². The van der Waals surface area contributed by atoms with Crippen LogP contribution >= 0.6 is 11.6 Å². The lowest BCUT2D eigenvalue weighted by atomic mass is 10.2. The van der Waals surface area contributed by atoms with Gasteiger partial charge in [0.1, 0.15) is 4.90 Å². The van der Waals surface area contributed by atoms with E-state index in [9.17, 15) is 13.2 Å². The first kappa shape index (κ1) is 16.9. The summed E-state index contributed by atoms with van der Waals surface area (Å²) in [6, 6.07) is 9.57. The molecule has 0 spiro atoms. The Kier molecular flexibility index (Phi) is 4.84. The predicted molar refractivity (Wildman–Crippen MR) is 90.2 cm³/mol. The van der Waals surface area contributed by atoms with Crippen LogP contribution in [0.15, 0.2) is 47.5 Å². The summed E-state index contributed by atoms with van der Waals surface area (Å²) in [6.45, 7) is 0.255. The van der Waals surface area contributed by atoms with E-state index in [0.717, 1.165) is 12.8 Å². The molecule has 1 aliphatic rings. The molecule has 126 valence electrons. The van der Waals surface area contributed by atoms with E-state index >= 15 is 0 Å². The summed E-state index contributed by atoms with van der Waals surface area (Å²) in [6.07, 6.45) is 3.28. The van der Waals surface area contributed by atoms with Gasteiger partial charge in [-0.15, -0.1) is 0 Å². The van der Waals surface area contributed by atoms with Gasteiger partial charge in [-0.05, 0) is 43.2 Å². The smallest absolute Gasteiger partial charge is 0.251 e. The second-order valence-corrected chi connectivity index (χ2v) is 7.63. The second-order valence-electron chi connectivity index (χ2n) is 5.54. The number of benzene rings is 1. The Labute approximate surface area is 145 Å². The van der Waals surface area contributed by atoms with Crippen molar-refractivity contribution in [3.63, 3.8) is 0 Å². The topological polar surface area (TPSA) is 88.2 Å². The maximum atomic E-state index is 12.3. The summed E-state index contributed by atoms with van der Waals surface area (Å²) < 4.78 is 27.2. The number of carbonyl (C=O) groups is 1. The van der Waals surface area contributed by atoms with E-state index in [1.807, 2.05) is 6.07 Å². The van der Waals surface area contributed by atoms with Crippen LogP contribution in [-0.2, 0) is 16.6 Å². The normalized spacial score (nSPS) is 14.4. The molecule has 1 aliphatic carbocycles. The molecule has 1 saturated carbocycles. The standard InChI is InChI=1S/C16H16ClN3O3S/c17-14-7-4-11(9-15(14)24(22,23)20-12-5-6-12)16(21)19-10-13-3-1-2-8-18-13/h1-4,7-9,12,20H,5-6,10H2,(H,19,21). The molecule has 1 heterocycles. The van der Waals surface area contributed by atoms with E-state index < -0.39 is 10.0 Å². The summed E-state index contributed by atoms with van der Waals surface area (Å²) in [5.74, 6) is -0.389. The Morgan fingerprint density at radius 2 is 2.04 bits per heavy atom. The van der Waals surface area contributed by atoms with Crippen molar-refractivity contribution in [3.05, 3.63) is 58.9 Å². The lowest BCUT2D eigenvalue weighted by Crippen LogP contribution is -2.27. The summed E-state index contributed by atoms with van der Waals surface area (Å²) in [5.41, 5.74) is 0.939. The van der Waals surface area contributed by atoms with Crippen LogP contribution in [0.3, 0.4) is 0 Å². The molecule has 1 aromatic heterocycles. The fourth-order valence-corrected chi connectivity index (χ4v) is 3.94. The molecule has 8 heteroatoms. The number of aromatic nitrogens is 1. The highest BCUT2D eigenvalue weighted by Crippen LogP contribution is 2.26. The highest BCUT2D eigenvalue weighted by atomic mass is 35.5. The van der Waals surface area contributed by atoms with Crippen molar-refractivity contribution >= 4 is 27.5 Å². The van der Waals surface area contributed by atoms with Crippen molar-refractivity contribution in [1.29, 1.82) is 0 Å². The maximum absolute atomic E-state index is 12.3. The number of pyridine rings is 1. The van der Waals surface area contributed by atoms with Gasteiger partial charge in [0.25, 0.3) is 5.91 Å². The number of halogens is 1. The Bertz CT molecular complexity index is 852. The molecule has 1 amide bonds. The van der Waals surface area contributed by atoms with Crippen LogP contribution in [0.2, 0.25) is 5.02 Å². The lowest BCUT2D eigenvalue weighted by molar-refractivity contribution is 0.0950. The first-order valence-electron chi connectivity index (χ1n) is 7.46. The minimum absolute atomic E-state index is 0.0345. The number of nitrogens with one attached hydrogen (secondary N) is 2. The van der Waals surface area contributed by atoms with Gasteiger partial charge in [-0.25, -0.2) is 13.1 Å². The molecule has 1 aromatic carbocycles. The zero-order valence-electron chi connectivity index (χ0n) is 12.7. The number of carbonyl (C=O) groups excluding carboxylic acids is 1. The van der Waals surface area contributed by atoms with Crippen molar-refractivity contribution in [3.8, 4) is 0 Å². The van der Waals surface area contributed by atoms with Crippen molar-refractivity contribution in [2.24, 2.45) is 0 Å². The van der Waals surface area contributed by atoms with Gasteiger partial charge >= 0.3 is 0 Å². The molecule has 1 fully saturated rings. The molecule has 2 aromatic rings. The van der Waals surface area contributed by atoms with E-state index in [4.69, 9.17) is 11.6 Å². The molecule has 2 N–H and O–H groups in total.